The van der Waals surface area contributed by atoms with Gasteiger partial charge in [-0.25, -0.2) is 4.98 Å². The molecule has 0 aromatic carbocycles. The summed E-state index contributed by atoms with van der Waals surface area (Å²) in [4.78, 5) is 17.5. The number of aliphatic carboxylic acids is 1. The average Bonchev–Trinajstić information content (AvgIpc) is 2.37. The van der Waals surface area contributed by atoms with Crippen LogP contribution in [0.25, 0.3) is 0 Å². The predicted molar refractivity (Wildman–Crippen MR) is 70.8 cm³/mol. The first-order chi connectivity index (χ1) is 9.01. The van der Waals surface area contributed by atoms with Crippen LogP contribution in [0, 0.1) is 30.1 Å². The standard InChI is InChI=1S/C14H17N3O2/c1-9-5-12(14(18)19)8-17(7-9)13-11(6-15)4-3-10(2)16-13/h3-4,9,12H,5,7-8H2,1-2H3,(H,18,19). The molecule has 0 amide bonds. The van der Waals surface area contributed by atoms with Crippen molar-refractivity contribution < 1.29 is 9.90 Å². The molecule has 19 heavy (non-hydrogen) atoms. The Morgan fingerprint density at radius 1 is 1.53 bits per heavy atom. The second-order valence-corrected chi connectivity index (χ2v) is 5.22. The molecule has 1 saturated heterocycles. The quantitative estimate of drug-likeness (QED) is 0.876. The number of aromatic nitrogens is 1. The molecule has 5 nitrogen and oxygen atoms in total. The Bertz CT molecular complexity index is 536. The van der Waals surface area contributed by atoms with Gasteiger partial charge >= 0.3 is 5.97 Å². The Labute approximate surface area is 112 Å². The molecule has 0 radical (unpaired) electrons. The van der Waals surface area contributed by atoms with Crippen molar-refractivity contribution in [2.45, 2.75) is 20.3 Å². The average molecular weight is 259 g/mol. The molecule has 0 bridgehead atoms. The van der Waals surface area contributed by atoms with Crippen LogP contribution in [0.4, 0.5) is 5.82 Å². The summed E-state index contributed by atoms with van der Waals surface area (Å²) in [5.74, 6) is -0.274. The normalized spacial score (nSPS) is 22.9. The van der Waals surface area contributed by atoms with Gasteiger partial charge in [-0.15, -0.1) is 0 Å². The zero-order valence-corrected chi connectivity index (χ0v) is 11.1. The first kappa shape index (κ1) is 13.3. The molecular formula is C14H17N3O2. The molecule has 1 N–H and O–H groups in total. The van der Waals surface area contributed by atoms with Gasteiger partial charge in [-0.1, -0.05) is 6.92 Å². The van der Waals surface area contributed by atoms with Crippen LogP contribution in [0.1, 0.15) is 24.6 Å². The number of carbonyl (C=O) groups is 1. The Morgan fingerprint density at radius 2 is 2.26 bits per heavy atom. The van der Waals surface area contributed by atoms with Crippen LogP contribution >= 0.6 is 0 Å². The lowest BCUT2D eigenvalue weighted by molar-refractivity contribution is -0.142. The van der Waals surface area contributed by atoms with Gasteiger partial charge in [0, 0.05) is 18.8 Å². The summed E-state index contributed by atoms with van der Waals surface area (Å²) in [5.41, 5.74) is 1.34. The fourth-order valence-electron chi connectivity index (χ4n) is 2.57. The highest BCUT2D eigenvalue weighted by molar-refractivity contribution is 5.71. The minimum atomic E-state index is -0.775. The molecule has 0 spiro atoms. The SMILES string of the molecule is Cc1ccc(C#N)c(N2CC(C)CC(C(=O)O)C2)n1. The number of carboxylic acid groups (broad SMARTS) is 1. The molecule has 1 aliphatic heterocycles. The van der Waals surface area contributed by atoms with Gasteiger partial charge in [-0.05, 0) is 31.4 Å². The molecule has 1 aliphatic rings. The smallest absolute Gasteiger partial charge is 0.308 e. The predicted octanol–water partition coefficient (Wildman–Crippen LogP) is 1.81. The van der Waals surface area contributed by atoms with Crippen molar-refractivity contribution in [3.05, 3.63) is 23.4 Å². The van der Waals surface area contributed by atoms with Gasteiger partial charge in [-0.2, -0.15) is 5.26 Å². The summed E-state index contributed by atoms with van der Waals surface area (Å²) in [6.07, 6.45) is 0.680. The van der Waals surface area contributed by atoms with E-state index in [1.165, 1.54) is 0 Å². The van der Waals surface area contributed by atoms with E-state index in [1.54, 1.807) is 12.1 Å². The number of hydrogen-bond acceptors (Lipinski definition) is 4. The second-order valence-electron chi connectivity index (χ2n) is 5.22. The topological polar surface area (TPSA) is 77.2 Å². The van der Waals surface area contributed by atoms with Crippen LogP contribution in [-0.4, -0.2) is 29.1 Å². The zero-order valence-electron chi connectivity index (χ0n) is 11.1. The molecule has 1 aromatic rings. The highest BCUT2D eigenvalue weighted by atomic mass is 16.4. The molecule has 0 aliphatic carbocycles. The number of carboxylic acids is 1. The lowest BCUT2D eigenvalue weighted by Gasteiger charge is -2.35. The molecule has 2 heterocycles. The summed E-state index contributed by atoms with van der Waals surface area (Å²) in [7, 11) is 0. The third-order valence-electron chi connectivity index (χ3n) is 3.44. The fourth-order valence-corrected chi connectivity index (χ4v) is 2.57. The van der Waals surface area contributed by atoms with Crippen molar-refractivity contribution in [1.29, 1.82) is 5.26 Å². The first-order valence-corrected chi connectivity index (χ1v) is 6.36. The number of pyridine rings is 1. The van der Waals surface area contributed by atoms with Crippen molar-refractivity contribution in [3.63, 3.8) is 0 Å². The van der Waals surface area contributed by atoms with Crippen molar-refractivity contribution in [2.24, 2.45) is 11.8 Å². The van der Waals surface area contributed by atoms with Crippen LogP contribution in [0.5, 0.6) is 0 Å². The molecule has 2 unspecified atom stereocenters. The van der Waals surface area contributed by atoms with Gasteiger partial charge in [-0.3, -0.25) is 4.79 Å². The van der Waals surface area contributed by atoms with Gasteiger partial charge in [0.25, 0.3) is 0 Å². The molecule has 2 atom stereocenters. The number of anilines is 1. The fraction of sp³-hybridized carbons (Fsp3) is 0.500. The largest absolute Gasteiger partial charge is 0.481 e. The van der Waals surface area contributed by atoms with Crippen LogP contribution in [0.2, 0.25) is 0 Å². The number of nitriles is 1. The van der Waals surface area contributed by atoms with Crippen molar-refractivity contribution >= 4 is 11.8 Å². The number of nitrogens with zero attached hydrogens (tertiary/aromatic N) is 3. The van der Waals surface area contributed by atoms with E-state index < -0.39 is 11.9 Å². The maximum atomic E-state index is 11.2. The molecule has 1 fully saturated rings. The van der Waals surface area contributed by atoms with Crippen LogP contribution in [-0.2, 0) is 4.79 Å². The van der Waals surface area contributed by atoms with Crippen LogP contribution < -0.4 is 4.90 Å². The van der Waals surface area contributed by atoms with E-state index in [1.807, 2.05) is 18.7 Å². The monoisotopic (exact) mass is 259 g/mol. The van der Waals surface area contributed by atoms with E-state index in [0.29, 0.717) is 24.3 Å². The zero-order chi connectivity index (χ0) is 14.0. The number of piperidine rings is 1. The summed E-state index contributed by atoms with van der Waals surface area (Å²) in [6, 6.07) is 5.67. The van der Waals surface area contributed by atoms with E-state index in [0.717, 1.165) is 12.2 Å². The summed E-state index contributed by atoms with van der Waals surface area (Å²) in [5, 5.41) is 18.3. The molecule has 1 aromatic heterocycles. The Kier molecular flexibility index (Phi) is 3.70. The Hall–Kier alpha value is -2.09. The van der Waals surface area contributed by atoms with Crippen molar-refractivity contribution in [3.8, 4) is 6.07 Å². The van der Waals surface area contributed by atoms with Crippen LogP contribution in [0.3, 0.4) is 0 Å². The van der Waals surface area contributed by atoms with Gasteiger partial charge in [0.15, 0.2) is 0 Å². The van der Waals surface area contributed by atoms with E-state index in [4.69, 9.17) is 5.26 Å². The van der Waals surface area contributed by atoms with Gasteiger partial charge in [0.05, 0.1) is 11.5 Å². The molecule has 0 saturated carbocycles. The maximum absolute atomic E-state index is 11.2. The van der Waals surface area contributed by atoms with E-state index in [2.05, 4.69) is 11.1 Å². The Balaban J connectivity index is 2.33. The number of rotatable bonds is 2. The molecular weight excluding hydrogens is 242 g/mol. The van der Waals surface area contributed by atoms with Gasteiger partial charge < -0.3 is 10.0 Å². The summed E-state index contributed by atoms with van der Waals surface area (Å²) < 4.78 is 0. The van der Waals surface area contributed by atoms with E-state index >= 15 is 0 Å². The maximum Gasteiger partial charge on any atom is 0.308 e. The van der Waals surface area contributed by atoms with Gasteiger partial charge in [0.2, 0.25) is 0 Å². The third-order valence-corrected chi connectivity index (χ3v) is 3.44. The van der Waals surface area contributed by atoms with E-state index in [-0.39, 0.29) is 5.92 Å². The molecule has 100 valence electrons. The highest BCUT2D eigenvalue weighted by Crippen LogP contribution is 2.27. The van der Waals surface area contributed by atoms with Crippen molar-refractivity contribution in [1.82, 2.24) is 4.98 Å². The second kappa shape index (κ2) is 5.27. The minimum Gasteiger partial charge on any atom is -0.481 e. The van der Waals surface area contributed by atoms with E-state index in [9.17, 15) is 9.90 Å². The highest BCUT2D eigenvalue weighted by Gasteiger charge is 2.31. The Morgan fingerprint density at radius 3 is 2.89 bits per heavy atom. The number of hydrogen-bond donors (Lipinski definition) is 1. The van der Waals surface area contributed by atoms with Gasteiger partial charge in [0.1, 0.15) is 11.9 Å². The summed E-state index contributed by atoms with van der Waals surface area (Å²) in [6.45, 7) is 5.07. The minimum absolute atomic E-state index is 0.281. The lowest BCUT2D eigenvalue weighted by atomic mass is 9.90. The lowest BCUT2D eigenvalue weighted by Crippen LogP contribution is -2.43. The molecule has 2 rings (SSSR count). The third kappa shape index (κ3) is 2.84. The number of aryl methyl sites for hydroxylation is 1. The van der Waals surface area contributed by atoms with Crippen molar-refractivity contribution in [2.75, 3.05) is 18.0 Å². The molecule has 5 heteroatoms. The van der Waals surface area contributed by atoms with Crippen LogP contribution in [0.15, 0.2) is 12.1 Å². The first-order valence-electron chi connectivity index (χ1n) is 6.36. The summed E-state index contributed by atoms with van der Waals surface area (Å²) >= 11 is 0.